The van der Waals surface area contributed by atoms with Crippen LogP contribution in [-0.2, 0) is 0 Å². The minimum absolute atomic E-state index is 0. The lowest BCUT2D eigenvalue weighted by Crippen LogP contribution is -2.37. The Balaban J connectivity index is 0.000000605. The van der Waals surface area contributed by atoms with Crippen LogP contribution in [0.15, 0.2) is 0 Å². The zero-order valence-corrected chi connectivity index (χ0v) is 6.96. The molecule has 0 spiro atoms. The second kappa shape index (κ2) is 2.87. The lowest BCUT2D eigenvalue weighted by molar-refractivity contribution is -0.0172. The van der Waals surface area contributed by atoms with Crippen LogP contribution in [0.2, 0.25) is 0 Å². The largest absolute Gasteiger partial charge is 0.308 e. The lowest BCUT2D eigenvalue weighted by atomic mass is 10.1. The molecule has 4 heteroatoms. The van der Waals surface area contributed by atoms with E-state index in [1.165, 1.54) is 0 Å². The van der Waals surface area contributed by atoms with Crippen LogP contribution in [-0.4, -0.2) is 18.5 Å². The molecule has 1 atom stereocenters. The molecule has 0 aromatic heterocycles. The van der Waals surface area contributed by atoms with Crippen LogP contribution in [0.5, 0.6) is 0 Å². The van der Waals surface area contributed by atoms with Gasteiger partial charge < -0.3 is 5.32 Å². The maximum absolute atomic E-state index is 12.8. The maximum atomic E-state index is 12.8. The third-order valence-corrected chi connectivity index (χ3v) is 2.37. The van der Waals surface area contributed by atoms with Crippen LogP contribution in [0, 0.1) is 5.92 Å². The molecule has 1 nitrogen and oxygen atoms in total. The van der Waals surface area contributed by atoms with Crippen LogP contribution >= 0.6 is 12.4 Å². The third kappa shape index (κ3) is 1.64. The van der Waals surface area contributed by atoms with Crippen molar-refractivity contribution in [2.24, 2.45) is 5.92 Å². The molecule has 0 aromatic carbocycles. The molecule has 2 rings (SSSR count). The van der Waals surface area contributed by atoms with Gasteiger partial charge in [0.25, 0.3) is 5.92 Å². The SMILES string of the molecule is Cl.FC1(F)CCNC1C1CC1. The molecule has 11 heavy (non-hydrogen) atoms. The fourth-order valence-corrected chi connectivity index (χ4v) is 1.64. The summed E-state index contributed by atoms with van der Waals surface area (Å²) in [5.41, 5.74) is 0. The number of halogens is 3. The van der Waals surface area contributed by atoms with Gasteiger partial charge in [-0.15, -0.1) is 12.4 Å². The molecule has 1 N–H and O–H groups in total. The van der Waals surface area contributed by atoms with Gasteiger partial charge in [-0.2, -0.15) is 0 Å². The fourth-order valence-electron chi connectivity index (χ4n) is 1.64. The Labute approximate surface area is 71.0 Å². The molecule has 0 amide bonds. The van der Waals surface area contributed by atoms with E-state index >= 15 is 0 Å². The van der Waals surface area contributed by atoms with Gasteiger partial charge in [-0.1, -0.05) is 0 Å². The van der Waals surface area contributed by atoms with Crippen molar-refractivity contribution in [3.63, 3.8) is 0 Å². The predicted octanol–water partition coefficient (Wildman–Crippen LogP) is 1.82. The van der Waals surface area contributed by atoms with Gasteiger partial charge in [-0.3, -0.25) is 0 Å². The quantitative estimate of drug-likeness (QED) is 0.654. The average molecular weight is 184 g/mol. The second-order valence-electron chi connectivity index (χ2n) is 3.28. The van der Waals surface area contributed by atoms with Gasteiger partial charge in [0.2, 0.25) is 0 Å². The maximum Gasteiger partial charge on any atom is 0.264 e. The van der Waals surface area contributed by atoms with E-state index in [1.54, 1.807) is 0 Å². The van der Waals surface area contributed by atoms with Crippen molar-refractivity contribution in [2.45, 2.75) is 31.2 Å². The molecule has 1 heterocycles. The van der Waals surface area contributed by atoms with E-state index < -0.39 is 12.0 Å². The highest BCUT2D eigenvalue weighted by Gasteiger charge is 2.50. The standard InChI is InChI=1S/C7H11F2N.ClH/c8-7(9)3-4-10-6(7)5-1-2-5;/h5-6,10H,1-4H2;1H. The van der Waals surface area contributed by atoms with Crippen molar-refractivity contribution in [1.29, 1.82) is 0 Å². The summed E-state index contributed by atoms with van der Waals surface area (Å²) in [5.74, 6) is -2.14. The minimum Gasteiger partial charge on any atom is -0.308 e. The summed E-state index contributed by atoms with van der Waals surface area (Å²) in [6, 6.07) is -0.493. The second-order valence-corrected chi connectivity index (χ2v) is 3.28. The number of hydrogen-bond acceptors (Lipinski definition) is 1. The van der Waals surface area contributed by atoms with Gasteiger partial charge in [-0.05, 0) is 18.8 Å². The van der Waals surface area contributed by atoms with Crippen molar-refractivity contribution in [2.75, 3.05) is 6.54 Å². The lowest BCUT2D eigenvalue weighted by Gasteiger charge is -2.17. The Bertz CT molecular complexity index is 147. The Hall–Kier alpha value is 0.110. The molecular formula is C7H12ClF2N. The first-order valence-corrected chi connectivity index (χ1v) is 3.81. The van der Waals surface area contributed by atoms with Gasteiger partial charge in [-0.25, -0.2) is 8.78 Å². The monoisotopic (exact) mass is 183 g/mol. The molecule has 2 aliphatic rings. The molecule has 0 radical (unpaired) electrons. The van der Waals surface area contributed by atoms with E-state index in [1.807, 2.05) is 0 Å². The van der Waals surface area contributed by atoms with E-state index in [-0.39, 0.29) is 24.7 Å². The van der Waals surface area contributed by atoms with E-state index in [2.05, 4.69) is 5.32 Å². The summed E-state index contributed by atoms with van der Waals surface area (Å²) in [4.78, 5) is 0. The van der Waals surface area contributed by atoms with Gasteiger partial charge in [0.05, 0.1) is 6.04 Å². The molecule has 2 fully saturated rings. The van der Waals surface area contributed by atoms with Crippen LogP contribution in [0.25, 0.3) is 0 Å². The Morgan fingerprint density at radius 3 is 2.27 bits per heavy atom. The van der Waals surface area contributed by atoms with Crippen molar-refractivity contribution >= 4 is 12.4 Å². The molecule has 1 aliphatic heterocycles. The van der Waals surface area contributed by atoms with Crippen molar-refractivity contribution in [3.8, 4) is 0 Å². The normalized spacial score (nSPS) is 34.9. The average Bonchev–Trinajstić information content (AvgIpc) is 2.58. The molecular weight excluding hydrogens is 172 g/mol. The van der Waals surface area contributed by atoms with Gasteiger partial charge in [0.1, 0.15) is 0 Å². The molecule has 0 aromatic rings. The molecule has 1 saturated carbocycles. The van der Waals surface area contributed by atoms with Crippen LogP contribution in [0.1, 0.15) is 19.3 Å². The molecule has 0 bridgehead atoms. The number of nitrogens with one attached hydrogen (secondary N) is 1. The Kier molecular flexibility index (Phi) is 2.40. The minimum atomic E-state index is -2.42. The topological polar surface area (TPSA) is 12.0 Å². The van der Waals surface area contributed by atoms with Crippen LogP contribution in [0.4, 0.5) is 8.78 Å². The molecule has 66 valence electrons. The van der Waals surface area contributed by atoms with Crippen molar-refractivity contribution in [3.05, 3.63) is 0 Å². The fraction of sp³-hybridized carbons (Fsp3) is 1.00. The van der Waals surface area contributed by atoms with Gasteiger partial charge >= 0.3 is 0 Å². The summed E-state index contributed by atoms with van der Waals surface area (Å²) < 4.78 is 25.7. The summed E-state index contributed by atoms with van der Waals surface area (Å²) in [7, 11) is 0. The first-order chi connectivity index (χ1) is 4.70. The Morgan fingerprint density at radius 2 is 1.91 bits per heavy atom. The molecule has 1 unspecified atom stereocenters. The summed E-state index contributed by atoms with van der Waals surface area (Å²) >= 11 is 0. The third-order valence-electron chi connectivity index (χ3n) is 2.37. The first kappa shape index (κ1) is 9.20. The highest BCUT2D eigenvalue weighted by atomic mass is 35.5. The van der Waals surface area contributed by atoms with Crippen LogP contribution in [0.3, 0.4) is 0 Å². The smallest absolute Gasteiger partial charge is 0.264 e. The number of rotatable bonds is 1. The van der Waals surface area contributed by atoms with Gasteiger partial charge in [0.15, 0.2) is 0 Å². The first-order valence-electron chi connectivity index (χ1n) is 3.81. The predicted molar refractivity (Wildman–Crippen MR) is 41.3 cm³/mol. The van der Waals surface area contributed by atoms with E-state index in [0.29, 0.717) is 6.54 Å². The molecule has 1 saturated heterocycles. The highest BCUT2D eigenvalue weighted by Crippen LogP contribution is 2.42. The summed E-state index contributed by atoms with van der Waals surface area (Å²) in [6.07, 6.45) is 2.02. The van der Waals surface area contributed by atoms with E-state index in [4.69, 9.17) is 0 Å². The Morgan fingerprint density at radius 1 is 1.27 bits per heavy atom. The highest BCUT2D eigenvalue weighted by molar-refractivity contribution is 5.85. The number of alkyl halides is 2. The van der Waals surface area contributed by atoms with Crippen LogP contribution < -0.4 is 5.32 Å². The number of hydrogen-bond donors (Lipinski definition) is 1. The zero-order valence-electron chi connectivity index (χ0n) is 6.15. The van der Waals surface area contributed by atoms with Crippen molar-refractivity contribution in [1.82, 2.24) is 5.32 Å². The zero-order chi connectivity index (χ0) is 7.19. The van der Waals surface area contributed by atoms with Crippen molar-refractivity contribution < 1.29 is 8.78 Å². The van der Waals surface area contributed by atoms with E-state index in [9.17, 15) is 8.78 Å². The molecule has 1 aliphatic carbocycles. The summed E-state index contributed by atoms with van der Waals surface area (Å²) in [5, 5.41) is 2.86. The van der Waals surface area contributed by atoms with Gasteiger partial charge in [0, 0.05) is 13.0 Å². The summed E-state index contributed by atoms with van der Waals surface area (Å²) in [6.45, 7) is 0.494. The van der Waals surface area contributed by atoms with E-state index in [0.717, 1.165) is 12.8 Å².